The second-order valence-electron chi connectivity index (χ2n) is 5.68. The van der Waals surface area contributed by atoms with E-state index in [0.717, 1.165) is 11.1 Å². The van der Waals surface area contributed by atoms with Crippen LogP contribution in [0.3, 0.4) is 0 Å². The fourth-order valence-corrected chi connectivity index (χ4v) is 1.69. The highest BCUT2D eigenvalue weighted by atomic mass is 16.2. The highest BCUT2D eigenvalue weighted by molar-refractivity contribution is 5.86. The largest absolute Gasteiger partial charge is 0.350 e. The molecule has 1 rings (SSSR count). The first-order chi connectivity index (χ1) is 8.78. The van der Waals surface area contributed by atoms with Crippen molar-refractivity contribution < 1.29 is 9.59 Å². The maximum Gasteiger partial charge on any atom is 0.239 e. The average molecular weight is 262 g/mol. The molecule has 0 aliphatic rings. The highest BCUT2D eigenvalue weighted by Gasteiger charge is 2.14. The number of amides is 2. The maximum atomic E-state index is 11.7. The zero-order valence-corrected chi connectivity index (χ0v) is 12.0. The Kier molecular flexibility index (Phi) is 5.10. The molecule has 0 unspecified atom stereocenters. The summed E-state index contributed by atoms with van der Waals surface area (Å²) < 4.78 is 0. The fourth-order valence-electron chi connectivity index (χ4n) is 1.69. The van der Waals surface area contributed by atoms with Crippen molar-refractivity contribution in [2.45, 2.75) is 39.7 Å². The Bertz CT molecular complexity index is 461. The lowest BCUT2D eigenvalue weighted by molar-refractivity contribution is -0.126. The van der Waals surface area contributed by atoms with Crippen LogP contribution in [0.5, 0.6) is 0 Å². The summed E-state index contributed by atoms with van der Waals surface area (Å²) in [5, 5.41) is 5.43. The normalized spacial score (nSPS) is 10.9. The number of aryl methyl sites for hydroxylation is 1. The van der Waals surface area contributed by atoms with Crippen LogP contribution in [-0.4, -0.2) is 23.9 Å². The van der Waals surface area contributed by atoms with E-state index < -0.39 is 0 Å². The molecular weight excluding hydrogens is 240 g/mol. The van der Waals surface area contributed by atoms with Gasteiger partial charge in [-0.15, -0.1) is 0 Å². The van der Waals surface area contributed by atoms with Gasteiger partial charge in [0.05, 0.1) is 13.0 Å². The molecule has 104 valence electrons. The first-order valence-corrected chi connectivity index (χ1v) is 6.40. The second kappa shape index (κ2) is 6.36. The topological polar surface area (TPSA) is 58.2 Å². The molecule has 1 aromatic rings. The van der Waals surface area contributed by atoms with Crippen molar-refractivity contribution in [3.05, 3.63) is 35.4 Å². The Morgan fingerprint density at radius 2 is 1.74 bits per heavy atom. The van der Waals surface area contributed by atoms with Crippen LogP contribution in [0.1, 0.15) is 31.9 Å². The van der Waals surface area contributed by atoms with Gasteiger partial charge in [0.1, 0.15) is 0 Å². The molecule has 4 heteroatoms. The first-order valence-electron chi connectivity index (χ1n) is 6.40. The highest BCUT2D eigenvalue weighted by Crippen LogP contribution is 2.07. The monoisotopic (exact) mass is 262 g/mol. The van der Waals surface area contributed by atoms with Gasteiger partial charge >= 0.3 is 0 Å². The molecule has 4 nitrogen and oxygen atoms in total. The van der Waals surface area contributed by atoms with Crippen LogP contribution in [0.15, 0.2) is 24.3 Å². The summed E-state index contributed by atoms with van der Waals surface area (Å²) in [6.07, 6.45) is 0.301. The van der Waals surface area contributed by atoms with Crippen molar-refractivity contribution in [2.24, 2.45) is 0 Å². The van der Waals surface area contributed by atoms with E-state index >= 15 is 0 Å². The van der Waals surface area contributed by atoms with E-state index in [1.54, 1.807) is 0 Å². The zero-order valence-electron chi connectivity index (χ0n) is 12.0. The third kappa shape index (κ3) is 6.04. The van der Waals surface area contributed by atoms with Crippen molar-refractivity contribution in [3.63, 3.8) is 0 Å². The number of benzene rings is 1. The Hall–Kier alpha value is -1.84. The molecule has 0 spiro atoms. The van der Waals surface area contributed by atoms with Crippen molar-refractivity contribution in [1.82, 2.24) is 10.6 Å². The third-order valence-corrected chi connectivity index (χ3v) is 2.57. The first kappa shape index (κ1) is 15.2. The van der Waals surface area contributed by atoms with Crippen LogP contribution >= 0.6 is 0 Å². The Morgan fingerprint density at radius 3 is 2.32 bits per heavy atom. The molecule has 0 aliphatic carbocycles. The van der Waals surface area contributed by atoms with Gasteiger partial charge in [0.15, 0.2) is 0 Å². The molecule has 0 saturated heterocycles. The Morgan fingerprint density at radius 1 is 1.11 bits per heavy atom. The second-order valence-corrected chi connectivity index (χ2v) is 5.68. The molecule has 19 heavy (non-hydrogen) atoms. The van der Waals surface area contributed by atoms with Crippen LogP contribution in [0, 0.1) is 6.92 Å². The van der Waals surface area contributed by atoms with Crippen LogP contribution in [0.25, 0.3) is 0 Å². The molecule has 0 bridgehead atoms. The molecular formula is C15H22N2O2. The summed E-state index contributed by atoms with van der Waals surface area (Å²) in [6, 6.07) is 7.73. The van der Waals surface area contributed by atoms with E-state index in [9.17, 15) is 9.59 Å². The molecule has 0 aromatic heterocycles. The maximum absolute atomic E-state index is 11.7. The third-order valence-electron chi connectivity index (χ3n) is 2.57. The van der Waals surface area contributed by atoms with Gasteiger partial charge in [-0.05, 0) is 38.8 Å². The quantitative estimate of drug-likeness (QED) is 0.865. The van der Waals surface area contributed by atoms with Gasteiger partial charge in [-0.1, -0.05) is 24.3 Å². The standard InChI is InChI=1S/C15H22N2O2/c1-11-7-5-6-8-12(11)9-13(18)16-10-14(19)17-15(2,3)4/h5-8H,9-10H2,1-4H3,(H,16,18)(H,17,19). The number of hydrogen-bond donors (Lipinski definition) is 2. The average Bonchev–Trinajstić information content (AvgIpc) is 2.27. The van der Waals surface area contributed by atoms with Gasteiger partial charge in [0, 0.05) is 5.54 Å². The predicted octanol–water partition coefficient (Wildman–Crippen LogP) is 1.57. The molecule has 0 atom stereocenters. The smallest absolute Gasteiger partial charge is 0.239 e. The lowest BCUT2D eigenvalue weighted by Gasteiger charge is -2.20. The molecule has 0 fully saturated rings. The molecule has 2 N–H and O–H groups in total. The van der Waals surface area contributed by atoms with Crippen LogP contribution in [-0.2, 0) is 16.0 Å². The molecule has 0 saturated carbocycles. The van der Waals surface area contributed by atoms with Crippen molar-refractivity contribution in [2.75, 3.05) is 6.54 Å². The molecule has 2 amide bonds. The molecule has 0 radical (unpaired) electrons. The molecule has 0 heterocycles. The van der Waals surface area contributed by atoms with Gasteiger partial charge in [-0.25, -0.2) is 0 Å². The summed E-state index contributed by atoms with van der Waals surface area (Å²) in [5.41, 5.74) is 1.78. The van der Waals surface area contributed by atoms with E-state index in [0.29, 0.717) is 6.42 Å². The van der Waals surface area contributed by atoms with Crippen LogP contribution in [0.4, 0.5) is 0 Å². The van der Waals surface area contributed by atoms with E-state index in [1.165, 1.54) is 0 Å². The van der Waals surface area contributed by atoms with Crippen molar-refractivity contribution in [1.29, 1.82) is 0 Å². The summed E-state index contributed by atoms with van der Waals surface area (Å²) in [6.45, 7) is 7.69. The minimum Gasteiger partial charge on any atom is -0.350 e. The minimum atomic E-state index is -0.280. The number of nitrogens with one attached hydrogen (secondary N) is 2. The van der Waals surface area contributed by atoms with Gasteiger partial charge < -0.3 is 10.6 Å². The number of carbonyl (C=O) groups is 2. The van der Waals surface area contributed by atoms with E-state index in [1.807, 2.05) is 52.0 Å². The summed E-state index contributed by atoms with van der Waals surface area (Å²) in [7, 11) is 0. The molecule has 0 aliphatic heterocycles. The van der Waals surface area contributed by atoms with Crippen molar-refractivity contribution in [3.8, 4) is 0 Å². The summed E-state index contributed by atoms with van der Waals surface area (Å²) in [4.78, 5) is 23.3. The van der Waals surface area contributed by atoms with E-state index in [-0.39, 0.29) is 23.9 Å². The minimum absolute atomic E-state index is 0.0159. The van der Waals surface area contributed by atoms with Crippen LogP contribution < -0.4 is 10.6 Å². The summed E-state index contributed by atoms with van der Waals surface area (Å²) >= 11 is 0. The van der Waals surface area contributed by atoms with Gasteiger partial charge in [-0.2, -0.15) is 0 Å². The lowest BCUT2D eigenvalue weighted by Crippen LogP contribution is -2.46. The SMILES string of the molecule is Cc1ccccc1CC(=O)NCC(=O)NC(C)(C)C. The fraction of sp³-hybridized carbons (Fsp3) is 0.467. The Labute approximate surface area is 114 Å². The van der Waals surface area contributed by atoms with E-state index in [4.69, 9.17) is 0 Å². The lowest BCUT2D eigenvalue weighted by atomic mass is 10.1. The van der Waals surface area contributed by atoms with E-state index in [2.05, 4.69) is 10.6 Å². The predicted molar refractivity (Wildman–Crippen MR) is 75.8 cm³/mol. The number of hydrogen-bond acceptors (Lipinski definition) is 2. The van der Waals surface area contributed by atoms with Gasteiger partial charge in [0.25, 0.3) is 0 Å². The number of carbonyl (C=O) groups excluding carboxylic acids is 2. The van der Waals surface area contributed by atoms with Crippen LogP contribution in [0.2, 0.25) is 0 Å². The summed E-state index contributed by atoms with van der Waals surface area (Å²) in [5.74, 6) is -0.316. The number of rotatable bonds is 4. The molecule has 1 aromatic carbocycles. The van der Waals surface area contributed by atoms with Crippen molar-refractivity contribution >= 4 is 11.8 Å². The van der Waals surface area contributed by atoms with Gasteiger partial charge in [0.2, 0.25) is 11.8 Å². The zero-order chi connectivity index (χ0) is 14.5. The Balaban J connectivity index is 2.41. The van der Waals surface area contributed by atoms with Gasteiger partial charge in [-0.3, -0.25) is 9.59 Å².